The molecule has 0 saturated carbocycles. The Kier molecular flexibility index (Phi) is 8.37. The Hall–Kier alpha value is -3.43. The van der Waals surface area contributed by atoms with E-state index in [1.807, 2.05) is 55.5 Å². The van der Waals surface area contributed by atoms with Crippen LogP contribution in [0.3, 0.4) is 0 Å². The smallest absolute Gasteiger partial charge is 0.434 e. The van der Waals surface area contributed by atoms with Gasteiger partial charge in [-0.1, -0.05) is 50.0 Å². The summed E-state index contributed by atoms with van der Waals surface area (Å²) >= 11 is 0. The van der Waals surface area contributed by atoms with E-state index in [0.29, 0.717) is 24.5 Å². The number of halogens is 3. The molecule has 4 aromatic rings. The summed E-state index contributed by atoms with van der Waals surface area (Å²) in [5, 5.41) is 0. The first-order valence-corrected chi connectivity index (χ1v) is 16.2. The Morgan fingerprint density at radius 3 is 2.32 bits per heavy atom. The van der Waals surface area contributed by atoms with Crippen molar-refractivity contribution < 1.29 is 22.6 Å². The highest BCUT2D eigenvalue weighted by molar-refractivity contribution is 6.76. The second-order valence-electron chi connectivity index (χ2n) is 10.5. The third-order valence-corrected chi connectivity index (χ3v) is 7.73. The topological polar surface area (TPSA) is 49.2 Å². The third-order valence-electron chi connectivity index (χ3n) is 6.02. The first-order valence-electron chi connectivity index (χ1n) is 12.5. The van der Waals surface area contributed by atoms with Crippen molar-refractivity contribution in [3.63, 3.8) is 0 Å². The number of imidazole rings is 1. The van der Waals surface area contributed by atoms with E-state index < -0.39 is 19.9 Å². The Morgan fingerprint density at radius 2 is 1.68 bits per heavy atom. The zero-order chi connectivity index (χ0) is 27.3. The molecular formula is C29H32F3N3O2Si. The number of pyridine rings is 1. The molecule has 0 bridgehead atoms. The van der Waals surface area contributed by atoms with Gasteiger partial charge in [-0.05, 0) is 54.4 Å². The molecule has 0 spiro atoms. The van der Waals surface area contributed by atoms with E-state index >= 15 is 0 Å². The van der Waals surface area contributed by atoms with Crippen LogP contribution in [0.25, 0.3) is 22.6 Å². The Morgan fingerprint density at radius 1 is 0.947 bits per heavy atom. The minimum absolute atomic E-state index is 0.00567. The molecule has 0 radical (unpaired) electrons. The van der Waals surface area contributed by atoms with Gasteiger partial charge in [0.05, 0.1) is 5.69 Å². The molecule has 0 unspecified atom stereocenters. The molecule has 4 rings (SSSR count). The van der Waals surface area contributed by atoms with Gasteiger partial charge in [-0.25, -0.2) is 4.98 Å². The Balaban J connectivity index is 1.50. The maximum atomic E-state index is 13.4. The van der Waals surface area contributed by atoms with Crippen LogP contribution in [-0.2, 0) is 24.3 Å². The van der Waals surface area contributed by atoms with Crippen LogP contribution >= 0.6 is 0 Å². The fourth-order valence-corrected chi connectivity index (χ4v) is 4.58. The molecule has 0 fully saturated rings. The van der Waals surface area contributed by atoms with Crippen molar-refractivity contribution >= 4 is 8.07 Å². The predicted molar refractivity (Wildman–Crippen MR) is 146 cm³/mol. The highest BCUT2D eigenvalue weighted by Crippen LogP contribution is 2.32. The third kappa shape index (κ3) is 7.32. The van der Waals surface area contributed by atoms with Crippen LogP contribution in [0.4, 0.5) is 13.2 Å². The molecule has 200 valence electrons. The fourth-order valence-electron chi connectivity index (χ4n) is 3.83. The van der Waals surface area contributed by atoms with Crippen molar-refractivity contribution in [2.45, 2.75) is 52.1 Å². The van der Waals surface area contributed by atoms with Gasteiger partial charge in [-0.2, -0.15) is 13.2 Å². The first kappa shape index (κ1) is 27.6. The predicted octanol–water partition coefficient (Wildman–Crippen LogP) is 7.83. The highest BCUT2D eigenvalue weighted by Gasteiger charge is 2.35. The van der Waals surface area contributed by atoms with Crippen molar-refractivity contribution in [3.8, 4) is 28.4 Å². The molecule has 9 heteroatoms. The second kappa shape index (κ2) is 11.5. The molecule has 2 aromatic heterocycles. The summed E-state index contributed by atoms with van der Waals surface area (Å²) < 4.78 is 53.3. The molecule has 0 N–H and O–H groups in total. The highest BCUT2D eigenvalue weighted by atomic mass is 28.3. The Labute approximate surface area is 222 Å². The van der Waals surface area contributed by atoms with Crippen molar-refractivity contribution in [1.82, 2.24) is 14.5 Å². The van der Waals surface area contributed by atoms with Crippen LogP contribution < -0.4 is 4.74 Å². The van der Waals surface area contributed by atoms with E-state index in [1.54, 1.807) is 18.3 Å². The molecule has 0 aliphatic rings. The maximum Gasteiger partial charge on any atom is 0.434 e. The van der Waals surface area contributed by atoms with E-state index in [2.05, 4.69) is 29.6 Å². The van der Waals surface area contributed by atoms with Crippen LogP contribution in [0.2, 0.25) is 25.7 Å². The molecule has 2 aromatic carbocycles. The average Bonchev–Trinajstić information content (AvgIpc) is 3.31. The molecule has 0 saturated heterocycles. The molecule has 2 heterocycles. The van der Waals surface area contributed by atoms with Gasteiger partial charge in [0.15, 0.2) is 5.69 Å². The summed E-state index contributed by atoms with van der Waals surface area (Å²) in [5.41, 5.74) is 3.17. The lowest BCUT2D eigenvalue weighted by Gasteiger charge is -2.16. The first-order chi connectivity index (χ1) is 18.0. The van der Waals surface area contributed by atoms with E-state index in [4.69, 9.17) is 9.47 Å². The van der Waals surface area contributed by atoms with Gasteiger partial charge in [-0.15, -0.1) is 0 Å². The maximum absolute atomic E-state index is 13.4. The fraction of sp³-hybridized carbons (Fsp3) is 0.310. The van der Waals surface area contributed by atoms with Crippen molar-refractivity contribution in [1.29, 1.82) is 0 Å². The number of aromatic nitrogens is 3. The molecule has 0 amide bonds. The molecule has 0 aliphatic heterocycles. The van der Waals surface area contributed by atoms with E-state index in [0.717, 1.165) is 34.7 Å². The van der Waals surface area contributed by atoms with Gasteiger partial charge in [0.1, 0.15) is 24.9 Å². The summed E-state index contributed by atoms with van der Waals surface area (Å²) in [4.78, 5) is 8.38. The number of benzene rings is 2. The van der Waals surface area contributed by atoms with Gasteiger partial charge < -0.3 is 14.0 Å². The largest absolute Gasteiger partial charge is 0.489 e. The number of hydrogen-bond donors (Lipinski definition) is 0. The van der Waals surface area contributed by atoms with Crippen LogP contribution in [0.15, 0.2) is 73.1 Å². The second-order valence-corrected chi connectivity index (χ2v) is 16.1. The zero-order valence-electron chi connectivity index (χ0n) is 22.0. The summed E-state index contributed by atoms with van der Waals surface area (Å²) in [5.74, 6) is 0.954. The Bertz CT molecular complexity index is 1350. The van der Waals surface area contributed by atoms with Gasteiger partial charge in [-0.3, -0.25) is 4.98 Å². The van der Waals surface area contributed by atoms with Gasteiger partial charge in [0.25, 0.3) is 0 Å². The van der Waals surface area contributed by atoms with Crippen molar-refractivity contribution in [2.75, 3.05) is 6.61 Å². The molecule has 0 aliphatic carbocycles. The number of aryl methyl sites for hydroxylation is 1. The van der Waals surface area contributed by atoms with Crippen LogP contribution in [0, 0.1) is 6.92 Å². The van der Waals surface area contributed by atoms with Crippen LogP contribution in [0.1, 0.15) is 16.8 Å². The van der Waals surface area contributed by atoms with Crippen LogP contribution in [-0.4, -0.2) is 29.2 Å². The monoisotopic (exact) mass is 539 g/mol. The number of hydrogen-bond acceptors (Lipinski definition) is 4. The number of alkyl halides is 3. The number of nitrogens with zero attached hydrogens (tertiary/aromatic N) is 3. The summed E-state index contributed by atoms with van der Waals surface area (Å²) in [7, 11) is -1.31. The quantitative estimate of drug-likeness (QED) is 0.152. The molecule has 0 atom stereocenters. The molecular weight excluding hydrogens is 507 g/mol. The average molecular weight is 540 g/mol. The lowest BCUT2D eigenvalue weighted by atomic mass is 10.1. The summed E-state index contributed by atoms with van der Waals surface area (Å²) in [6.45, 7) is 9.60. The van der Waals surface area contributed by atoms with Crippen LogP contribution in [0.5, 0.6) is 5.75 Å². The standard InChI is InChI=1S/C29H32F3N3O2Si/c1-21-16-23(11-13-26(21)37-19-22-8-6-5-7-9-22)25-12-10-24(17-33-25)28-34-27(29(30,31)32)18-35(28)20-36-14-15-38(2,3)4/h5-13,16-18H,14-15,19-20H2,1-4H3. The normalized spacial score (nSPS) is 12.1. The van der Waals surface area contributed by atoms with Crippen molar-refractivity contribution in [2.24, 2.45) is 0 Å². The lowest BCUT2D eigenvalue weighted by Crippen LogP contribution is -2.22. The van der Waals surface area contributed by atoms with Gasteiger partial charge in [0, 0.05) is 38.2 Å². The van der Waals surface area contributed by atoms with Gasteiger partial charge in [0.2, 0.25) is 0 Å². The summed E-state index contributed by atoms with van der Waals surface area (Å²) in [6.07, 6.45) is -2.01. The number of rotatable bonds is 10. The van der Waals surface area contributed by atoms with E-state index in [-0.39, 0.29) is 12.6 Å². The van der Waals surface area contributed by atoms with Gasteiger partial charge >= 0.3 is 6.18 Å². The minimum atomic E-state index is -4.55. The molecule has 38 heavy (non-hydrogen) atoms. The number of ether oxygens (including phenoxy) is 2. The SMILES string of the molecule is Cc1cc(-c2ccc(-c3nc(C(F)(F)F)cn3COCC[Si](C)(C)C)cn2)ccc1OCc1ccccc1. The zero-order valence-corrected chi connectivity index (χ0v) is 23.0. The molecule has 5 nitrogen and oxygen atoms in total. The van der Waals surface area contributed by atoms with Crippen molar-refractivity contribution in [3.05, 3.63) is 89.9 Å². The summed E-state index contributed by atoms with van der Waals surface area (Å²) in [6, 6.07) is 20.2. The minimum Gasteiger partial charge on any atom is -0.489 e. The van der Waals surface area contributed by atoms with E-state index in [9.17, 15) is 13.2 Å². The lowest BCUT2D eigenvalue weighted by molar-refractivity contribution is -0.141. The van der Waals surface area contributed by atoms with E-state index in [1.165, 1.54) is 4.57 Å².